The highest BCUT2D eigenvalue weighted by atomic mass is 16.2. The second-order valence-corrected chi connectivity index (χ2v) is 6.30. The number of hydrogen-bond donors (Lipinski definition) is 1. The molecule has 0 bridgehead atoms. The third-order valence-corrected chi connectivity index (χ3v) is 5.04. The van der Waals surface area contributed by atoms with Crippen molar-refractivity contribution in [1.29, 1.82) is 5.26 Å². The molecule has 2 aliphatic carbocycles. The molecular formula is C17H19N3O. The Hall–Kier alpha value is -2.15. The summed E-state index contributed by atoms with van der Waals surface area (Å²) in [5.41, 5.74) is 4.37. The van der Waals surface area contributed by atoms with Gasteiger partial charge in [-0.1, -0.05) is 31.9 Å². The molecule has 3 rings (SSSR count). The maximum absolute atomic E-state index is 12.2. The molecule has 0 aromatic heterocycles. The number of nitrogens with one attached hydrogen (secondary N) is 1. The van der Waals surface area contributed by atoms with Crippen molar-refractivity contribution >= 4 is 12.1 Å². The number of rotatable bonds is 3. The van der Waals surface area contributed by atoms with E-state index in [1.54, 1.807) is 18.3 Å². The Morgan fingerprint density at radius 3 is 2.81 bits per heavy atom. The van der Waals surface area contributed by atoms with Crippen LogP contribution in [0.4, 0.5) is 0 Å². The number of hydrazone groups is 1. The van der Waals surface area contributed by atoms with Gasteiger partial charge < -0.3 is 0 Å². The van der Waals surface area contributed by atoms with Crippen LogP contribution in [0.15, 0.2) is 29.4 Å². The zero-order valence-corrected chi connectivity index (χ0v) is 12.2. The van der Waals surface area contributed by atoms with Crippen molar-refractivity contribution in [3.63, 3.8) is 0 Å². The van der Waals surface area contributed by atoms with E-state index in [0.717, 1.165) is 12.0 Å². The lowest BCUT2D eigenvalue weighted by molar-refractivity contribution is -0.123. The number of nitrogens with zero attached hydrogens (tertiary/aromatic N) is 2. The molecule has 1 amide bonds. The van der Waals surface area contributed by atoms with Crippen LogP contribution in [0.5, 0.6) is 0 Å². The van der Waals surface area contributed by atoms with Gasteiger partial charge in [0.25, 0.3) is 0 Å². The molecule has 1 aromatic rings. The minimum atomic E-state index is 0.0503. The van der Waals surface area contributed by atoms with Gasteiger partial charge in [-0.3, -0.25) is 4.79 Å². The summed E-state index contributed by atoms with van der Waals surface area (Å²) in [4.78, 5) is 12.2. The molecule has 1 aromatic carbocycles. The van der Waals surface area contributed by atoms with E-state index in [-0.39, 0.29) is 17.2 Å². The molecule has 3 unspecified atom stereocenters. The van der Waals surface area contributed by atoms with Gasteiger partial charge in [-0.2, -0.15) is 10.4 Å². The van der Waals surface area contributed by atoms with Crippen molar-refractivity contribution < 1.29 is 4.79 Å². The van der Waals surface area contributed by atoms with Gasteiger partial charge >= 0.3 is 0 Å². The Bertz CT molecular complexity index is 614. The van der Waals surface area contributed by atoms with Gasteiger partial charge in [-0.15, -0.1) is 0 Å². The molecule has 2 aliphatic rings. The lowest BCUT2D eigenvalue weighted by atomic mass is 9.90. The summed E-state index contributed by atoms with van der Waals surface area (Å²) < 4.78 is 0. The fourth-order valence-corrected chi connectivity index (χ4v) is 3.73. The van der Waals surface area contributed by atoms with Crippen molar-refractivity contribution in [3.8, 4) is 6.07 Å². The van der Waals surface area contributed by atoms with Crippen LogP contribution in [0.25, 0.3) is 0 Å². The first-order chi connectivity index (χ1) is 10.1. The van der Waals surface area contributed by atoms with Gasteiger partial charge in [0.2, 0.25) is 5.91 Å². The molecule has 2 saturated carbocycles. The molecule has 0 saturated heterocycles. The van der Waals surface area contributed by atoms with E-state index >= 15 is 0 Å². The fraction of sp³-hybridized carbons (Fsp3) is 0.471. The summed E-state index contributed by atoms with van der Waals surface area (Å²) in [6.07, 6.45) is 6.44. The van der Waals surface area contributed by atoms with Gasteiger partial charge in [-0.05, 0) is 41.9 Å². The third-order valence-electron chi connectivity index (χ3n) is 5.04. The number of carbonyl (C=O) groups is 1. The predicted molar refractivity (Wildman–Crippen MR) is 80.4 cm³/mol. The smallest absolute Gasteiger partial charge is 0.244 e. The van der Waals surface area contributed by atoms with Gasteiger partial charge in [0.15, 0.2) is 0 Å². The zero-order valence-electron chi connectivity index (χ0n) is 12.2. The number of carbonyl (C=O) groups excluding carboxylic acids is 1. The standard InChI is InChI=1S/C17H19N3O/c1-17-9-3-2-4-14(17)15(17)16(21)20-19-11-13-7-5-12(10-18)6-8-13/h5-8,11,14-15H,2-4,9H2,1H3,(H,20,21)/b19-11+. The zero-order chi connectivity index (χ0) is 14.9. The van der Waals surface area contributed by atoms with Crippen molar-refractivity contribution in [2.45, 2.75) is 32.6 Å². The number of benzene rings is 1. The Kier molecular flexibility index (Phi) is 3.50. The van der Waals surface area contributed by atoms with E-state index < -0.39 is 0 Å². The largest absolute Gasteiger partial charge is 0.273 e. The SMILES string of the molecule is CC12CCCCC1C2C(=O)N/N=C/c1ccc(C#N)cc1. The van der Waals surface area contributed by atoms with Gasteiger partial charge in [0, 0.05) is 5.92 Å². The fourth-order valence-electron chi connectivity index (χ4n) is 3.73. The molecule has 0 heterocycles. The maximum Gasteiger partial charge on any atom is 0.244 e. The normalized spacial score (nSPS) is 30.5. The van der Waals surface area contributed by atoms with Gasteiger partial charge in [0.1, 0.15) is 0 Å². The van der Waals surface area contributed by atoms with Crippen LogP contribution >= 0.6 is 0 Å². The average Bonchev–Trinajstić information content (AvgIpc) is 3.13. The molecule has 4 nitrogen and oxygen atoms in total. The lowest BCUT2D eigenvalue weighted by Gasteiger charge is -2.15. The number of amides is 1. The first kappa shape index (κ1) is 13.8. The van der Waals surface area contributed by atoms with E-state index in [0.29, 0.717) is 11.5 Å². The summed E-state index contributed by atoms with van der Waals surface area (Å²) in [6, 6.07) is 9.17. The first-order valence-corrected chi connectivity index (χ1v) is 7.48. The van der Waals surface area contributed by atoms with E-state index in [1.165, 1.54) is 19.3 Å². The second-order valence-electron chi connectivity index (χ2n) is 6.30. The van der Waals surface area contributed by atoms with Crippen molar-refractivity contribution in [1.82, 2.24) is 5.43 Å². The minimum absolute atomic E-state index is 0.0503. The molecule has 1 N–H and O–H groups in total. The van der Waals surface area contributed by atoms with Crippen LogP contribution in [0.1, 0.15) is 43.7 Å². The monoisotopic (exact) mass is 281 g/mol. The summed E-state index contributed by atoms with van der Waals surface area (Å²) >= 11 is 0. The number of fused-ring (bicyclic) bond motifs is 1. The lowest BCUT2D eigenvalue weighted by Crippen LogP contribution is -2.22. The second kappa shape index (κ2) is 5.33. The topological polar surface area (TPSA) is 65.2 Å². The van der Waals surface area contributed by atoms with Crippen LogP contribution in [-0.2, 0) is 4.79 Å². The van der Waals surface area contributed by atoms with Crippen LogP contribution in [0, 0.1) is 28.6 Å². The molecule has 0 aliphatic heterocycles. The van der Waals surface area contributed by atoms with E-state index in [2.05, 4.69) is 23.5 Å². The molecule has 108 valence electrons. The van der Waals surface area contributed by atoms with Crippen molar-refractivity contribution in [2.75, 3.05) is 0 Å². The molecular weight excluding hydrogens is 262 g/mol. The summed E-state index contributed by atoms with van der Waals surface area (Å²) in [5, 5.41) is 12.8. The highest BCUT2D eigenvalue weighted by molar-refractivity contribution is 5.85. The maximum atomic E-state index is 12.2. The molecule has 0 radical (unpaired) electrons. The third kappa shape index (κ3) is 2.56. The average molecular weight is 281 g/mol. The highest BCUT2D eigenvalue weighted by Gasteiger charge is 2.64. The minimum Gasteiger partial charge on any atom is -0.273 e. The highest BCUT2D eigenvalue weighted by Crippen LogP contribution is 2.66. The Balaban J connectivity index is 1.56. The number of nitriles is 1. The Morgan fingerprint density at radius 1 is 1.43 bits per heavy atom. The van der Waals surface area contributed by atoms with Crippen LogP contribution < -0.4 is 5.43 Å². The molecule has 2 fully saturated rings. The molecule has 3 atom stereocenters. The van der Waals surface area contributed by atoms with Crippen molar-refractivity contribution in [3.05, 3.63) is 35.4 Å². The Morgan fingerprint density at radius 2 is 2.19 bits per heavy atom. The van der Waals surface area contributed by atoms with E-state index in [4.69, 9.17) is 5.26 Å². The molecule has 4 heteroatoms. The van der Waals surface area contributed by atoms with Gasteiger partial charge in [-0.25, -0.2) is 5.43 Å². The Labute approximate surface area is 124 Å². The molecule has 21 heavy (non-hydrogen) atoms. The van der Waals surface area contributed by atoms with Crippen molar-refractivity contribution in [2.24, 2.45) is 22.4 Å². The quantitative estimate of drug-likeness (QED) is 0.684. The predicted octanol–water partition coefficient (Wildman–Crippen LogP) is 2.83. The first-order valence-electron chi connectivity index (χ1n) is 7.48. The molecule has 0 spiro atoms. The van der Waals surface area contributed by atoms with E-state index in [1.807, 2.05) is 12.1 Å². The summed E-state index contributed by atoms with van der Waals surface area (Å²) in [7, 11) is 0. The van der Waals surface area contributed by atoms with Gasteiger partial charge in [0.05, 0.1) is 17.8 Å². The number of hydrogen-bond acceptors (Lipinski definition) is 3. The summed E-state index contributed by atoms with van der Waals surface area (Å²) in [5.74, 6) is 0.740. The van der Waals surface area contributed by atoms with Crippen LogP contribution in [0.3, 0.4) is 0 Å². The summed E-state index contributed by atoms with van der Waals surface area (Å²) in [6.45, 7) is 2.23. The van der Waals surface area contributed by atoms with Crippen LogP contribution in [0.2, 0.25) is 0 Å². The van der Waals surface area contributed by atoms with E-state index in [9.17, 15) is 4.79 Å². The van der Waals surface area contributed by atoms with Crippen LogP contribution in [-0.4, -0.2) is 12.1 Å².